The molecule has 2 aliphatic rings. The molecular weight excluding hydrogens is 372 g/mol. The van der Waals surface area contributed by atoms with Crippen molar-refractivity contribution in [2.24, 2.45) is 4.99 Å². The third-order valence-electron chi connectivity index (χ3n) is 4.66. The molecule has 1 aromatic rings. The number of nitrogens with one attached hydrogen (secondary N) is 2. The zero-order valence-corrected chi connectivity index (χ0v) is 15.8. The van der Waals surface area contributed by atoms with Gasteiger partial charge in [0.2, 0.25) is 0 Å². The fourth-order valence-electron chi connectivity index (χ4n) is 3.16. The molecule has 3 rings (SSSR count). The lowest BCUT2D eigenvalue weighted by Gasteiger charge is -2.18. The first-order chi connectivity index (χ1) is 12.9. The molecule has 0 aromatic heterocycles. The predicted molar refractivity (Wildman–Crippen MR) is 101 cm³/mol. The Hall–Kier alpha value is -2.20. The molecule has 10 heteroatoms. The average molecular weight is 396 g/mol. The molecule has 2 atom stereocenters. The summed E-state index contributed by atoms with van der Waals surface area (Å²) in [5.74, 6) is 0.822. The monoisotopic (exact) mass is 396 g/mol. The van der Waals surface area contributed by atoms with Gasteiger partial charge in [0.25, 0.3) is 5.69 Å². The van der Waals surface area contributed by atoms with Gasteiger partial charge in [-0.2, -0.15) is 0 Å². The molecule has 2 N–H and O–H groups in total. The molecule has 9 nitrogen and oxygen atoms in total. The van der Waals surface area contributed by atoms with Crippen molar-refractivity contribution in [2.75, 3.05) is 24.7 Å². The second kappa shape index (κ2) is 8.66. The minimum absolute atomic E-state index is 0.0359. The van der Waals surface area contributed by atoms with Crippen molar-refractivity contribution in [1.82, 2.24) is 10.6 Å². The molecular formula is C17H24N4O5S. The third kappa shape index (κ3) is 5.90. The van der Waals surface area contributed by atoms with E-state index >= 15 is 0 Å². The highest BCUT2D eigenvalue weighted by Crippen LogP contribution is 2.14. The van der Waals surface area contributed by atoms with E-state index in [2.05, 4.69) is 15.6 Å². The van der Waals surface area contributed by atoms with E-state index in [0.717, 1.165) is 25.0 Å². The number of guanidine groups is 1. The van der Waals surface area contributed by atoms with Crippen LogP contribution in [0.4, 0.5) is 5.69 Å². The van der Waals surface area contributed by atoms with E-state index in [1.807, 2.05) is 0 Å². The number of nitro groups is 1. The van der Waals surface area contributed by atoms with E-state index in [0.29, 0.717) is 25.5 Å². The standard InChI is InChI=1S/C17H24N4O5S/c22-21(23)15-5-3-13(4-6-15)10-18-17(19-11-16-2-1-8-26-16)20-14-7-9-27(24,25)12-14/h3-6,14,16H,1-2,7-12H2,(H2,18,19,20). The van der Waals surface area contributed by atoms with Crippen LogP contribution in [0.2, 0.25) is 0 Å². The molecule has 148 valence electrons. The number of aliphatic imine (C=N–C) groups is 1. The van der Waals surface area contributed by atoms with Crippen LogP contribution in [0.25, 0.3) is 0 Å². The number of hydrogen-bond acceptors (Lipinski definition) is 6. The van der Waals surface area contributed by atoms with Crippen molar-refractivity contribution < 1.29 is 18.1 Å². The van der Waals surface area contributed by atoms with Gasteiger partial charge in [0, 0.05) is 31.3 Å². The first-order valence-corrected chi connectivity index (χ1v) is 10.8. The number of sulfone groups is 1. The van der Waals surface area contributed by atoms with Crippen molar-refractivity contribution >= 4 is 21.5 Å². The molecule has 0 aliphatic carbocycles. The van der Waals surface area contributed by atoms with Crippen LogP contribution in [0.1, 0.15) is 24.8 Å². The van der Waals surface area contributed by atoms with Crippen LogP contribution in [0, 0.1) is 10.1 Å². The van der Waals surface area contributed by atoms with Crippen LogP contribution in [0.5, 0.6) is 0 Å². The van der Waals surface area contributed by atoms with Gasteiger partial charge in [-0.1, -0.05) is 12.1 Å². The smallest absolute Gasteiger partial charge is 0.269 e. The van der Waals surface area contributed by atoms with Crippen molar-refractivity contribution in [3.63, 3.8) is 0 Å². The number of non-ortho nitro benzene ring substituents is 1. The van der Waals surface area contributed by atoms with Crippen molar-refractivity contribution in [2.45, 2.75) is 38.0 Å². The van der Waals surface area contributed by atoms with E-state index in [1.54, 1.807) is 12.1 Å². The van der Waals surface area contributed by atoms with Crippen LogP contribution < -0.4 is 10.6 Å². The summed E-state index contributed by atoms with van der Waals surface area (Å²) >= 11 is 0. The Kier molecular flexibility index (Phi) is 6.27. The fraction of sp³-hybridized carbons (Fsp3) is 0.588. The van der Waals surface area contributed by atoms with Gasteiger partial charge in [-0.05, 0) is 24.8 Å². The molecule has 2 saturated heterocycles. The number of hydrogen-bond donors (Lipinski definition) is 2. The van der Waals surface area contributed by atoms with Crippen LogP contribution >= 0.6 is 0 Å². The van der Waals surface area contributed by atoms with E-state index in [1.165, 1.54) is 12.1 Å². The molecule has 2 aliphatic heterocycles. The number of benzene rings is 1. The van der Waals surface area contributed by atoms with Gasteiger partial charge < -0.3 is 15.4 Å². The zero-order chi connectivity index (χ0) is 19.3. The number of ether oxygens (including phenoxy) is 1. The minimum Gasteiger partial charge on any atom is -0.376 e. The number of rotatable bonds is 6. The second-order valence-corrected chi connectivity index (χ2v) is 9.08. The van der Waals surface area contributed by atoms with Gasteiger partial charge in [-0.15, -0.1) is 0 Å². The molecule has 0 saturated carbocycles. The maximum atomic E-state index is 11.7. The Labute approximate surface area is 158 Å². The first-order valence-electron chi connectivity index (χ1n) is 9.01. The highest BCUT2D eigenvalue weighted by molar-refractivity contribution is 7.91. The Balaban J connectivity index is 1.63. The van der Waals surface area contributed by atoms with Gasteiger partial charge in [-0.3, -0.25) is 10.1 Å². The lowest BCUT2D eigenvalue weighted by Crippen LogP contribution is -2.46. The average Bonchev–Trinajstić information content (AvgIpc) is 3.27. The molecule has 2 unspecified atom stereocenters. The summed E-state index contributed by atoms with van der Waals surface area (Å²) in [6, 6.07) is 6.06. The minimum atomic E-state index is -2.99. The lowest BCUT2D eigenvalue weighted by molar-refractivity contribution is -0.384. The van der Waals surface area contributed by atoms with Crippen molar-refractivity contribution in [3.05, 3.63) is 39.9 Å². The summed E-state index contributed by atoms with van der Waals surface area (Å²) in [4.78, 5) is 14.8. The highest BCUT2D eigenvalue weighted by Gasteiger charge is 2.28. The first kappa shape index (κ1) is 19.6. The van der Waals surface area contributed by atoms with Crippen LogP contribution in [-0.2, 0) is 21.1 Å². The molecule has 2 heterocycles. The Bertz CT molecular complexity index is 788. The summed E-state index contributed by atoms with van der Waals surface area (Å²) in [5, 5.41) is 17.2. The topological polar surface area (TPSA) is 123 Å². The SMILES string of the molecule is O=[N+]([O-])c1ccc(CN=C(NCC2CCCO2)NC2CCS(=O)(=O)C2)cc1. The van der Waals surface area contributed by atoms with Crippen molar-refractivity contribution in [3.8, 4) is 0 Å². The molecule has 2 fully saturated rings. The molecule has 0 bridgehead atoms. The van der Waals surface area contributed by atoms with Gasteiger partial charge in [0.15, 0.2) is 15.8 Å². The molecule has 0 spiro atoms. The van der Waals surface area contributed by atoms with E-state index in [4.69, 9.17) is 4.74 Å². The third-order valence-corrected chi connectivity index (χ3v) is 6.43. The van der Waals surface area contributed by atoms with Gasteiger partial charge in [0.05, 0.1) is 29.1 Å². The van der Waals surface area contributed by atoms with E-state index < -0.39 is 14.8 Å². The highest BCUT2D eigenvalue weighted by atomic mass is 32.2. The normalized spacial score (nSPS) is 24.7. The second-order valence-electron chi connectivity index (χ2n) is 6.85. The summed E-state index contributed by atoms with van der Waals surface area (Å²) in [6.45, 7) is 1.69. The zero-order valence-electron chi connectivity index (χ0n) is 15.0. The predicted octanol–water partition coefficient (Wildman–Crippen LogP) is 0.996. The molecule has 27 heavy (non-hydrogen) atoms. The lowest BCUT2D eigenvalue weighted by atomic mass is 10.2. The maximum absolute atomic E-state index is 11.7. The Morgan fingerprint density at radius 2 is 2.07 bits per heavy atom. The van der Waals surface area contributed by atoms with Crippen LogP contribution in [0.15, 0.2) is 29.3 Å². The number of nitro benzene ring substituents is 1. The Morgan fingerprint density at radius 3 is 2.67 bits per heavy atom. The summed E-state index contributed by atoms with van der Waals surface area (Å²) in [6.07, 6.45) is 2.71. The fourth-order valence-corrected chi connectivity index (χ4v) is 4.84. The van der Waals surface area contributed by atoms with Gasteiger partial charge >= 0.3 is 0 Å². The van der Waals surface area contributed by atoms with Gasteiger partial charge in [-0.25, -0.2) is 13.4 Å². The van der Waals surface area contributed by atoms with E-state index in [-0.39, 0.29) is 29.3 Å². The number of nitrogens with zero attached hydrogens (tertiary/aromatic N) is 2. The van der Waals surface area contributed by atoms with Crippen LogP contribution in [0.3, 0.4) is 0 Å². The van der Waals surface area contributed by atoms with Gasteiger partial charge in [0.1, 0.15) is 0 Å². The van der Waals surface area contributed by atoms with Crippen molar-refractivity contribution in [1.29, 1.82) is 0 Å². The summed E-state index contributed by atoms with van der Waals surface area (Å²) < 4.78 is 29.0. The largest absolute Gasteiger partial charge is 0.376 e. The molecule has 0 amide bonds. The maximum Gasteiger partial charge on any atom is 0.269 e. The summed E-state index contributed by atoms with van der Waals surface area (Å²) in [5.41, 5.74) is 0.867. The quantitative estimate of drug-likeness (QED) is 0.318. The molecule has 1 aromatic carbocycles. The summed E-state index contributed by atoms with van der Waals surface area (Å²) in [7, 11) is -2.99. The Morgan fingerprint density at radius 1 is 1.30 bits per heavy atom. The van der Waals surface area contributed by atoms with E-state index in [9.17, 15) is 18.5 Å². The molecule has 0 radical (unpaired) electrons. The van der Waals surface area contributed by atoms with Crippen LogP contribution in [-0.4, -0.2) is 56.1 Å².